The molecule has 5 heteroatoms. The first kappa shape index (κ1) is 15.7. The van der Waals surface area contributed by atoms with E-state index >= 15 is 0 Å². The van der Waals surface area contributed by atoms with Crippen molar-refractivity contribution in [1.29, 1.82) is 0 Å². The van der Waals surface area contributed by atoms with Crippen LogP contribution in [0.2, 0.25) is 0 Å². The average Bonchev–Trinajstić information content (AvgIpc) is 2.19. The molecule has 0 spiro atoms. The van der Waals surface area contributed by atoms with E-state index in [0.29, 0.717) is 5.57 Å². The number of allylic oxidation sites excluding steroid dienone is 3. The van der Waals surface area contributed by atoms with Crippen LogP contribution in [0, 0.1) is 10.1 Å². The summed E-state index contributed by atoms with van der Waals surface area (Å²) in [5.74, 6) is -0.142. The Labute approximate surface area is 88.6 Å². The molecule has 84 valence electrons. The molecule has 0 saturated carbocycles. The Morgan fingerprint density at radius 3 is 2.07 bits per heavy atom. The monoisotopic (exact) mass is 213 g/mol. The van der Waals surface area contributed by atoms with Crippen molar-refractivity contribution in [1.82, 2.24) is 0 Å². The molecule has 15 heavy (non-hydrogen) atoms. The number of carbonyl (C=O) groups is 1. The molecule has 5 nitrogen and oxygen atoms in total. The normalized spacial score (nSPS) is 10.3. The van der Waals surface area contributed by atoms with Crippen LogP contribution < -0.4 is 0 Å². The van der Waals surface area contributed by atoms with Gasteiger partial charge in [0.05, 0.1) is 4.92 Å². The molecule has 0 unspecified atom stereocenters. The van der Waals surface area contributed by atoms with E-state index in [2.05, 4.69) is 13.2 Å². The van der Waals surface area contributed by atoms with E-state index in [1.165, 1.54) is 13.0 Å². The molecule has 1 N–H and O–H groups in total. The molecule has 0 aromatic heterocycles. The van der Waals surface area contributed by atoms with E-state index < -0.39 is 4.92 Å². The van der Waals surface area contributed by atoms with Crippen LogP contribution in [0.3, 0.4) is 0 Å². The third-order valence-electron chi connectivity index (χ3n) is 1.40. The fourth-order valence-electron chi connectivity index (χ4n) is 0.858. The predicted octanol–water partition coefficient (Wildman–Crippen LogP) is 1.48. The summed E-state index contributed by atoms with van der Waals surface area (Å²) in [4.78, 5) is 20.6. The van der Waals surface area contributed by atoms with Gasteiger partial charge in [-0.15, -0.1) is 0 Å². The maximum atomic E-state index is 10.7. The van der Waals surface area contributed by atoms with Gasteiger partial charge in [0.25, 0.3) is 5.70 Å². The molecule has 0 fully saturated rings. The Morgan fingerprint density at radius 1 is 1.40 bits per heavy atom. The molecule has 0 aliphatic carbocycles. The van der Waals surface area contributed by atoms with Crippen LogP contribution in [-0.2, 0) is 4.79 Å². The highest BCUT2D eigenvalue weighted by Crippen LogP contribution is 2.12. The molecule has 0 aliphatic heterocycles. The molecule has 0 aliphatic rings. The number of rotatable bonds is 5. The fourth-order valence-corrected chi connectivity index (χ4v) is 0.858. The quantitative estimate of drug-likeness (QED) is 0.426. The zero-order valence-electron chi connectivity index (χ0n) is 8.90. The highest BCUT2D eigenvalue weighted by atomic mass is 16.6. The third kappa shape index (κ3) is 6.34. The smallest absolute Gasteiger partial charge is 0.272 e. The maximum absolute atomic E-state index is 10.7. The number of aliphatic hydroxyl groups excluding tert-OH is 1. The SMILES string of the molecule is C=C/C(CC(C)=O)=C(\C=C)[N+](=O)[O-].CO. The van der Waals surface area contributed by atoms with Crippen LogP contribution in [0.4, 0.5) is 0 Å². The van der Waals surface area contributed by atoms with Crippen molar-refractivity contribution in [2.24, 2.45) is 0 Å². The van der Waals surface area contributed by atoms with Gasteiger partial charge in [0.2, 0.25) is 0 Å². The van der Waals surface area contributed by atoms with Crippen molar-refractivity contribution in [2.45, 2.75) is 13.3 Å². The molecular weight excluding hydrogens is 198 g/mol. The molecule has 0 atom stereocenters. The molecule has 0 rings (SSSR count). The molecule has 0 amide bonds. The van der Waals surface area contributed by atoms with E-state index in [0.717, 1.165) is 13.2 Å². The molecular formula is C10H15NO4. The van der Waals surface area contributed by atoms with Crippen LogP contribution >= 0.6 is 0 Å². The summed E-state index contributed by atoms with van der Waals surface area (Å²) >= 11 is 0. The summed E-state index contributed by atoms with van der Waals surface area (Å²) in [6, 6.07) is 0. The summed E-state index contributed by atoms with van der Waals surface area (Å²) in [6.45, 7) is 8.07. The minimum Gasteiger partial charge on any atom is -0.400 e. The minimum atomic E-state index is -0.576. The molecule has 0 saturated heterocycles. The van der Waals surface area contributed by atoms with E-state index in [-0.39, 0.29) is 17.9 Å². The maximum Gasteiger partial charge on any atom is 0.272 e. The lowest BCUT2D eigenvalue weighted by Gasteiger charge is -1.98. The average molecular weight is 213 g/mol. The number of ketones is 1. The van der Waals surface area contributed by atoms with Crippen LogP contribution in [0.15, 0.2) is 36.6 Å². The van der Waals surface area contributed by atoms with E-state index in [1.54, 1.807) is 0 Å². The minimum absolute atomic E-state index is 0.0197. The van der Waals surface area contributed by atoms with Gasteiger partial charge < -0.3 is 5.11 Å². The molecule has 0 aromatic carbocycles. The van der Waals surface area contributed by atoms with Crippen molar-refractivity contribution in [3.05, 3.63) is 46.7 Å². The number of nitro groups is 1. The topological polar surface area (TPSA) is 80.4 Å². The third-order valence-corrected chi connectivity index (χ3v) is 1.40. The zero-order chi connectivity index (χ0) is 12.4. The Bertz CT molecular complexity index is 292. The number of nitrogens with zero attached hydrogens (tertiary/aromatic N) is 1. The van der Waals surface area contributed by atoms with E-state index in [1.807, 2.05) is 0 Å². The lowest BCUT2D eigenvalue weighted by molar-refractivity contribution is -0.420. The van der Waals surface area contributed by atoms with Crippen LogP contribution in [0.25, 0.3) is 0 Å². The van der Waals surface area contributed by atoms with Gasteiger partial charge in [-0.2, -0.15) is 0 Å². The summed E-state index contributed by atoms with van der Waals surface area (Å²) in [6.07, 6.45) is 2.44. The summed E-state index contributed by atoms with van der Waals surface area (Å²) in [7, 11) is 1.00. The van der Waals surface area contributed by atoms with Gasteiger partial charge in [0.1, 0.15) is 5.78 Å². The number of Topliss-reactive ketones (excluding diaryl/α,β-unsaturated/α-hetero) is 1. The zero-order valence-corrected chi connectivity index (χ0v) is 8.90. The highest BCUT2D eigenvalue weighted by molar-refractivity contribution is 5.79. The standard InChI is InChI=1S/C9H11NO3.CH4O/c1-4-8(6-7(3)11)9(5-2)10(12)13;1-2/h4-5H,1-2,6H2,3H3;2H,1H3/b9-8-;. The van der Waals surface area contributed by atoms with Crippen molar-refractivity contribution in [3.8, 4) is 0 Å². The molecule has 0 aromatic rings. The van der Waals surface area contributed by atoms with Gasteiger partial charge in [-0.3, -0.25) is 14.9 Å². The first-order valence-corrected chi connectivity index (χ1v) is 4.09. The van der Waals surface area contributed by atoms with Crippen LogP contribution in [0.1, 0.15) is 13.3 Å². The van der Waals surface area contributed by atoms with Crippen molar-refractivity contribution in [2.75, 3.05) is 7.11 Å². The Morgan fingerprint density at radius 2 is 1.87 bits per heavy atom. The van der Waals surface area contributed by atoms with E-state index in [4.69, 9.17) is 5.11 Å². The number of aliphatic hydroxyl groups is 1. The van der Waals surface area contributed by atoms with Crippen molar-refractivity contribution in [3.63, 3.8) is 0 Å². The number of hydrogen-bond acceptors (Lipinski definition) is 4. The lowest BCUT2D eigenvalue weighted by Crippen LogP contribution is -2.02. The Kier molecular flexibility index (Phi) is 9.25. The second kappa shape index (κ2) is 8.83. The Hall–Kier alpha value is -1.75. The second-order valence-electron chi connectivity index (χ2n) is 2.45. The van der Waals surface area contributed by atoms with Gasteiger partial charge >= 0.3 is 0 Å². The van der Waals surface area contributed by atoms with Crippen LogP contribution in [0.5, 0.6) is 0 Å². The van der Waals surface area contributed by atoms with Crippen molar-refractivity contribution < 1.29 is 14.8 Å². The fraction of sp³-hybridized carbons (Fsp3) is 0.300. The predicted molar refractivity (Wildman–Crippen MR) is 57.9 cm³/mol. The van der Waals surface area contributed by atoms with Crippen LogP contribution in [-0.4, -0.2) is 22.9 Å². The number of carbonyl (C=O) groups excluding carboxylic acids is 1. The second-order valence-corrected chi connectivity index (χ2v) is 2.45. The van der Waals surface area contributed by atoms with Gasteiger partial charge in [0, 0.05) is 25.2 Å². The molecule has 0 bridgehead atoms. The Balaban J connectivity index is 0. The van der Waals surface area contributed by atoms with Gasteiger partial charge in [-0.05, 0) is 6.92 Å². The summed E-state index contributed by atoms with van der Waals surface area (Å²) in [5, 5.41) is 17.4. The molecule has 0 radical (unpaired) electrons. The summed E-state index contributed by atoms with van der Waals surface area (Å²) < 4.78 is 0. The van der Waals surface area contributed by atoms with E-state index in [9.17, 15) is 14.9 Å². The molecule has 0 heterocycles. The number of hydrogen-bond donors (Lipinski definition) is 1. The van der Waals surface area contributed by atoms with Gasteiger partial charge in [-0.1, -0.05) is 19.2 Å². The first-order valence-electron chi connectivity index (χ1n) is 4.09. The van der Waals surface area contributed by atoms with Gasteiger partial charge in [0.15, 0.2) is 0 Å². The van der Waals surface area contributed by atoms with Crippen molar-refractivity contribution >= 4 is 5.78 Å². The van der Waals surface area contributed by atoms with Gasteiger partial charge in [-0.25, -0.2) is 0 Å². The summed E-state index contributed by atoms with van der Waals surface area (Å²) in [5.41, 5.74) is 0.137. The first-order chi connectivity index (χ1) is 7.02. The highest BCUT2D eigenvalue weighted by Gasteiger charge is 2.13. The largest absolute Gasteiger partial charge is 0.400 e. The lowest BCUT2D eigenvalue weighted by atomic mass is 10.1.